The van der Waals surface area contributed by atoms with Gasteiger partial charge in [-0.05, 0) is 24.3 Å². The first-order chi connectivity index (χ1) is 7.41. The predicted molar refractivity (Wildman–Crippen MR) is 76.1 cm³/mol. The lowest BCUT2D eigenvalue weighted by Crippen LogP contribution is -2.02. The minimum absolute atomic E-state index is 0.769. The highest BCUT2D eigenvalue weighted by atomic mass is 35.5. The maximum Gasteiger partial charge on any atom is 0.0557 e. The molecule has 0 aromatic carbocycles. The lowest BCUT2D eigenvalue weighted by atomic mass is 10.6. The Hall–Kier alpha value is 1.24. The summed E-state index contributed by atoms with van der Waals surface area (Å²) in [6.45, 7) is 1.73. The van der Waals surface area contributed by atoms with Crippen molar-refractivity contribution < 1.29 is 4.74 Å². The molecule has 5 heteroatoms. The highest BCUT2D eigenvalue weighted by Crippen LogP contribution is 2.05. The van der Waals surface area contributed by atoms with Crippen LogP contribution >= 0.6 is 46.7 Å². The van der Waals surface area contributed by atoms with Crippen molar-refractivity contribution in [3.63, 3.8) is 0 Å². The van der Waals surface area contributed by atoms with E-state index < -0.39 is 0 Å². The van der Waals surface area contributed by atoms with Crippen molar-refractivity contribution in [2.45, 2.75) is 12.8 Å². The van der Waals surface area contributed by atoms with Gasteiger partial charge in [0.15, 0.2) is 0 Å². The number of halogens is 2. The Bertz CT molecular complexity index is 106. The molecule has 0 bridgehead atoms. The van der Waals surface area contributed by atoms with Gasteiger partial charge in [0.05, 0.1) is 13.2 Å². The topological polar surface area (TPSA) is 9.23 Å². The Kier molecular flexibility index (Phi) is 16.5. The normalized spacial score (nSPS) is 10.8. The summed E-state index contributed by atoms with van der Waals surface area (Å²) in [4.78, 5) is 0. The fraction of sp³-hybridized carbons (Fsp3) is 1.00. The molecule has 0 aromatic rings. The van der Waals surface area contributed by atoms with Crippen LogP contribution in [0.15, 0.2) is 0 Å². The number of thioether (sulfide) groups is 2. The monoisotopic (exact) mass is 290 g/mol. The fourth-order valence-corrected chi connectivity index (χ4v) is 3.02. The molecule has 0 saturated heterocycles. The van der Waals surface area contributed by atoms with Crippen LogP contribution in [0, 0.1) is 0 Å². The molecule has 0 rings (SSSR count). The maximum absolute atomic E-state index is 5.57. The second-order valence-corrected chi connectivity index (χ2v) is 6.13. The number of rotatable bonds is 12. The van der Waals surface area contributed by atoms with Gasteiger partial charge in [-0.2, -0.15) is 23.5 Å². The molecule has 0 aromatic heterocycles. The molecule has 0 radical (unpaired) electrons. The van der Waals surface area contributed by atoms with Gasteiger partial charge in [-0.15, -0.1) is 23.2 Å². The second-order valence-electron chi connectivity index (χ2n) is 2.92. The molecule has 0 atom stereocenters. The number of hydrogen-bond donors (Lipinski definition) is 0. The molecule has 92 valence electrons. The average Bonchev–Trinajstić information content (AvgIpc) is 2.26. The molecule has 0 N–H and O–H groups in total. The van der Waals surface area contributed by atoms with E-state index in [0.29, 0.717) is 0 Å². The molecular weight excluding hydrogens is 271 g/mol. The first kappa shape index (κ1) is 16.2. The number of hydrogen-bond acceptors (Lipinski definition) is 3. The summed E-state index contributed by atoms with van der Waals surface area (Å²) >= 11 is 15.0. The maximum atomic E-state index is 5.57. The molecule has 0 aliphatic carbocycles. The van der Waals surface area contributed by atoms with Crippen molar-refractivity contribution in [3.8, 4) is 0 Å². The van der Waals surface area contributed by atoms with Crippen LogP contribution in [0.1, 0.15) is 12.8 Å². The van der Waals surface area contributed by atoms with E-state index in [1.165, 1.54) is 0 Å². The van der Waals surface area contributed by atoms with Crippen LogP contribution in [0.5, 0.6) is 0 Å². The molecule has 0 fully saturated rings. The molecule has 0 amide bonds. The zero-order valence-corrected chi connectivity index (χ0v) is 12.2. The van der Waals surface area contributed by atoms with Gasteiger partial charge in [-0.25, -0.2) is 0 Å². The summed E-state index contributed by atoms with van der Waals surface area (Å²) in [7, 11) is 0. The summed E-state index contributed by atoms with van der Waals surface area (Å²) in [5, 5.41) is 0. The van der Waals surface area contributed by atoms with Gasteiger partial charge < -0.3 is 4.74 Å². The van der Waals surface area contributed by atoms with Crippen LogP contribution in [0.2, 0.25) is 0 Å². The molecule has 0 saturated carbocycles. The van der Waals surface area contributed by atoms with Crippen molar-refractivity contribution in [3.05, 3.63) is 0 Å². The van der Waals surface area contributed by atoms with Gasteiger partial charge in [0.2, 0.25) is 0 Å². The summed E-state index contributed by atoms with van der Waals surface area (Å²) in [6, 6.07) is 0. The molecule has 0 heterocycles. The van der Waals surface area contributed by atoms with Gasteiger partial charge in [0, 0.05) is 23.3 Å². The SMILES string of the molecule is ClCCCSCCOCCSCCCCl. The summed E-state index contributed by atoms with van der Waals surface area (Å²) in [6.07, 6.45) is 2.20. The van der Waals surface area contributed by atoms with E-state index in [1.54, 1.807) is 0 Å². The van der Waals surface area contributed by atoms with E-state index in [9.17, 15) is 0 Å². The molecule has 15 heavy (non-hydrogen) atoms. The van der Waals surface area contributed by atoms with Crippen molar-refractivity contribution in [1.29, 1.82) is 0 Å². The fourth-order valence-electron chi connectivity index (χ4n) is 0.855. The first-order valence-corrected chi connectivity index (χ1v) is 8.65. The molecule has 0 spiro atoms. The van der Waals surface area contributed by atoms with Crippen LogP contribution < -0.4 is 0 Å². The summed E-state index contributed by atoms with van der Waals surface area (Å²) < 4.78 is 5.49. The van der Waals surface area contributed by atoms with Crippen LogP contribution in [-0.4, -0.2) is 48.0 Å². The zero-order valence-electron chi connectivity index (χ0n) is 9.05. The van der Waals surface area contributed by atoms with Gasteiger partial charge in [0.25, 0.3) is 0 Å². The standard InChI is InChI=1S/C10H20Cl2OS2/c11-3-1-7-14-9-5-13-6-10-15-8-2-4-12/h1-10H2. The number of ether oxygens (including phenoxy) is 1. The van der Waals surface area contributed by atoms with Crippen molar-refractivity contribution >= 4 is 46.7 Å². The van der Waals surface area contributed by atoms with Crippen LogP contribution in [0.25, 0.3) is 0 Å². The highest BCUT2D eigenvalue weighted by Gasteiger charge is 1.92. The lowest BCUT2D eigenvalue weighted by Gasteiger charge is -2.03. The van der Waals surface area contributed by atoms with Crippen molar-refractivity contribution in [2.24, 2.45) is 0 Å². The Morgan fingerprint density at radius 1 is 0.733 bits per heavy atom. The van der Waals surface area contributed by atoms with E-state index in [1.807, 2.05) is 23.5 Å². The predicted octanol–water partition coefficient (Wildman–Crippen LogP) is 3.73. The zero-order chi connectivity index (χ0) is 11.2. The Labute approximate surface area is 112 Å². The van der Waals surface area contributed by atoms with Gasteiger partial charge >= 0.3 is 0 Å². The molecule has 1 nitrogen and oxygen atoms in total. The Morgan fingerprint density at radius 2 is 1.20 bits per heavy atom. The third-order valence-electron chi connectivity index (χ3n) is 1.59. The Morgan fingerprint density at radius 3 is 1.60 bits per heavy atom. The summed E-state index contributed by atoms with van der Waals surface area (Å²) in [5.74, 6) is 6.01. The minimum atomic E-state index is 0.769. The van der Waals surface area contributed by atoms with Gasteiger partial charge in [-0.3, -0.25) is 0 Å². The van der Waals surface area contributed by atoms with Gasteiger partial charge in [0.1, 0.15) is 0 Å². The largest absolute Gasteiger partial charge is 0.380 e. The highest BCUT2D eigenvalue weighted by molar-refractivity contribution is 7.99. The molecular formula is C10H20Cl2OS2. The third-order valence-corrected chi connectivity index (χ3v) is 4.19. The molecule has 0 unspecified atom stereocenters. The quantitative estimate of drug-likeness (QED) is 0.400. The van der Waals surface area contributed by atoms with Crippen LogP contribution in [0.3, 0.4) is 0 Å². The van der Waals surface area contributed by atoms with Crippen molar-refractivity contribution in [1.82, 2.24) is 0 Å². The van der Waals surface area contributed by atoms with E-state index in [2.05, 4.69) is 0 Å². The van der Waals surface area contributed by atoms with E-state index in [4.69, 9.17) is 27.9 Å². The second kappa shape index (κ2) is 15.2. The van der Waals surface area contributed by atoms with Gasteiger partial charge in [-0.1, -0.05) is 0 Å². The smallest absolute Gasteiger partial charge is 0.0557 e. The molecule has 0 aliphatic heterocycles. The van der Waals surface area contributed by atoms with Crippen LogP contribution in [-0.2, 0) is 4.74 Å². The number of alkyl halides is 2. The van der Waals surface area contributed by atoms with Crippen LogP contribution in [0.4, 0.5) is 0 Å². The third kappa shape index (κ3) is 15.2. The van der Waals surface area contributed by atoms with E-state index >= 15 is 0 Å². The average molecular weight is 291 g/mol. The van der Waals surface area contributed by atoms with Crippen molar-refractivity contribution in [2.75, 3.05) is 48.0 Å². The van der Waals surface area contributed by atoms with E-state index in [-0.39, 0.29) is 0 Å². The lowest BCUT2D eigenvalue weighted by molar-refractivity contribution is 0.167. The first-order valence-electron chi connectivity index (χ1n) is 5.27. The minimum Gasteiger partial charge on any atom is -0.380 e. The molecule has 0 aliphatic rings. The Balaban J connectivity index is 2.81. The van der Waals surface area contributed by atoms with E-state index in [0.717, 1.165) is 60.8 Å². The summed E-state index contributed by atoms with van der Waals surface area (Å²) in [5.41, 5.74) is 0.